The van der Waals surface area contributed by atoms with Crippen LogP contribution in [0.25, 0.3) is 0 Å². The lowest BCUT2D eigenvalue weighted by molar-refractivity contribution is 0.468. The molecule has 0 aliphatic carbocycles. The van der Waals surface area contributed by atoms with Crippen molar-refractivity contribution in [3.63, 3.8) is 0 Å². The quantitative estimate of drug-likeness (QED) is 0.899. The van der Waals surface area contributed by atoms with E-state index in [4.69, 9.17) is 0 Å². The molecule has 0 aromatic heterocycles. The van der Waals surface area contributed by atoms with Gasteiger partial charge in [-0.25, -0.2) is 21.5 Å². The molecule has 0 atom stereocenters. The van der Waals surface area contributed by atoms with Crippen LogP contribution in [0, 0.1) is 11.6 Å². The van der Waals surface area contributed by atoms with Gasteiger partial charge in [-0.3, -0.25) is 0 Å². The van der Waals surface area contributed by atoms with Crippen LogP contribution in [0.15, 0.2) is 17.0 Å². The predicted octanol–water partition coefficient (Wildman–Crippen LogP) is 1.71. The van der Waals surface area contributed by atoms with Crippen LogP contribution in [0.4, 0.5) is 8.78 Å². The van der Waals surface area contributed by atoms with Gasteiger partial charge < -0.3 is 5.32 Å². The van der Waals surface area contributed by atoms with E-state index in [0.29, 0.717) is 5.56 Å². The summed E-state index contributed by atoms with van der Waals surface area (Å²) in [5.74, 6) is -2.51. The van der Waals surface area contributed by atoms with Gasteiger partial charge in [-0.2, -0.15) is 0 Å². The van der Waals surface area contributed by atoms with Crippen molar-refractivity contribution in [3.8, 4) is 0 Å². The van der Waals surface area contributed by atoms with Crippen LogP contribution in [-0.4, -0.2) is 32.9 Å². The van der Waals surface area contributed by atoms with Crippen molar-refractivity contribution < 1.29 is 17.2 Å². The van der Waals surface area contributed by atoms with Gasteiger partial charge in [-0.15, -0.1) is 0 Å². The number of halogens is 2. The summed E-state index contributed by atoms with van der Waals surface area (Å²) in [6.07, 6.45) is 0. The molecule has 0 aliphatic rings. The van der Waals surface area contributed by atoms with Crippen molar-refractivity contribution in [3.05, 3.63) is 29.3 Å². The molecule has 0 bridgehead atoms. The lowest BCUT2D eigenvalue weighted by Crippen LogP contribution is -2.25. The number of nitrogens with zero attached hydrogens (tertiary/aromatic N) is 1. The first kappa shape index (κ1) is 16.0. The standard InChI is InChI=1S/C12H18F2N2O2S/c1-8(2)15-7-9-5-10(13)12(14)11(6-9)19(17,18)16(3)4/h5-6,8,15H,7H2,1-4H3. The second-order valence-corrected chi connectivity index (χ2v) is 6.83. The highest BCUT2D eigenvalue weighted by molar-refractivity contribution is 7.89. The Kier molecular flexibility index (Phi) is 5.00. The number of sulfonamides is 1. The zero-order chi connectivity index (χ0) is 14.8. The topological polar surface area (TPSA) is 49.4 Å². The van der Waals surface area contributed by atoms with Crippen molar-refractivity contribution in [1.29, 1.82) is 0 Å². The summed E-state index contributed by atoms with van der Waals surface area (Å²) in [6, 6.07) is 2.31. The van der Waals surface area contributed by atoms with Crippen LogP contribution in [0.3, 0.4) is 0 Å². The van der Waals surface area contributed by atoms with Crippen molar-refractivity contribution >= 4 is 10.0 Å². The molecule has 19 heavy (non-hydrogen) atoms. The Morgan fingerprint density at radius 3 is 2.32 bits per heavy atom. The van der Waals surface area contributed by atoms with Gasteiger partial charge in [0.15, 0.2) is 11.6 Å². The van der Waals surface area contributed by atoms with Gasteiger partial charge in [0.05, 0.1) is 0 Å². The van der Waals surface area contributed by atoms with Crippen molar-refractivity contribution in [2.45, 2.75) is 31.3 Å². The second kappa shape index (κ2) is 5.94. The Hall–Kier alpha value is -1.05. The fraction of sp³-hybridized carbons (Fsp3) is 0.500. The molecule has 1 N–H and O–H groups in total. The lowest BCUT2D eigenvalue weighted by Gasteiger charge is -2.14. The summed E-state index contributed by atoms with van der Waals surface area (Å²) in [7, 11) is -1.46. The summed E-state index contributed by atoms with van der Waals surface area (Å²) in [5, 5.41) is 3.02. The maximum Gasteiger partial charge on any atom is 0.245 e. The van der Waals surface area contributed by atoms with Gasteiger partial charge in [0.1, 0.15) is 4.90 Å². The Morgan fingerprint density at radius 1 is 1.26 bits per heavy atom. The molecule has 0 radical (unpaired) electrons. The summed E-state index contributed by atoms with van der Waals surface area (Å²) in [6.45, 7) is 4.07. The van der Waals surface area contributed by atoms with Gasteiger partial charge in [-0.1, -0.05) is 13.8 Å². The summed E-state index contributed by atoms with van der Waals surface area (Å²) < 4.78 is 51.7. The van der Waals surface area contributed by atoms with Gasteiger partial charge in [0, 0.05) is 26.7 Å². The predicted molar refractivity (Wildman–Crippen MR) is 69.2 cm³/mol. The highest BCUT2D eigenvalue weighted by Gasteiger charge is 2.25. The Morgan fingerprint density at radius 2 is 1.84 bits per heavy atom. The molecular formula is C12H18F2N2O2S. The zero-order valence-electron chi connectivity index (χ0n) is 11.4. The van der Waals surface area contributed by atoms with E-state index in [1.165, 1.54) is 14.1 Å². The molecule has 0 aliphatic heterocycles. The van der Waals surface area contributed by atoms with E-state index in [1.54, 1.807) is 0 Å². The molecule has 0 amide bonds. The molecule has 1 aromatic carbocycles. The third kappa shape index (κ3) is 3.71. The average molecular weight is 292 g/mol. The van der Waals surface area contributed by atoms with Crippen molar-refractivity contribution in [2.75, 3.05) is 14.1 Å². The molecule has 0 unspecified atom stereocenters. The zero-order valence-corrected chi connectivity index (χ0v) is 12.2. The fourth-order valence-electron chi connectivity index (χ4n) is 1.43. The van der Waals surface area contributed by atoms with E-state index in [1.807, 2.05) is 13.8 Å². The van der Waals surface area contributed by atoms with Crippen molar-refractivity contribution in [1.82, 2.24) is 9.62 Å². The maximum absolute atomic E-state index is 13.6. The van der Waals surface area contributed by atoms with Crippen LogP contribution in [0.2, 0.25) is 0 Å². The molecule has 0 heterocycles. The maximum atomic E-state index is 13.6. The molecule has 1 rings (SSSR count). The van der Waals surface area contributed by atoms with Gasteiger partial charge in [0.25, 0.3) is 0 Å². The normalized spacial score (nSPS) is 12.4. The largest absolute Gasteiger partial charge is 0.310 e. The van der Waals surface area contributed by atoms with Crippen LogP contribution in [0.5, 0.6) is 0 Å². The average Bonchev–Trinajstić information content (AvgIpc) is 2.29. The summed E-state index contributed by atoms with van der Waals surface area (Å²) >= 11 is 0. The number of hydrogen-bond donors (Lipinski definition) is 1. The van der Waals surface area contributed by atoms with E-state index >= 15 is 0 Å². The first-order valence-electron chi connectivity index (χ1n) is 5.80. The molecular weight excluding hydrogens is 274 g/mol. The molecule has 0 fully saturated rings. The van der Waals surface area contributed by atoms with Crippen molar-refractivity contribution in [2.24, 2.45) is 0 Å². The van der Waals surface area contributed by atoms with Crippen LogP contribution in [0.1, 0.15) is 19.4 Å². The fourth-order valence-corrected chi connectivity index (χ4v) is 2.44. The highest BCUT2D eigenvalue weighted by Crippen LogP contribution is 2.22. The van der Waals surface area contributed by atoms with Crippen LogP contribution in [-0.2, 0) is 16.6 Å². The Labute approximate surface area is 112 Å². The van der Waals surface area contributed by atoms with Gasteiger partial charge in [0.2, 0.25) is 10.0 Å². The first-order valence-corrected chi connectivity index (χ1v) is 7.24. The van der Waals surface area contributed by atoms with Crippen LogP contribution < -0.4 is 5.32 Å². The summed E-state index contributed by atoms with van der Waals surface area (Å²) in [4.78, 5) is -0.641. The molecule has 4 nitrogen and oxygen atoms in total. The number of hydrogen-bond acceptors (Lipinski definition) is 3. The minimum absolute atomic E-state index is 0.155. The van der Waals surface area contributed by atoms with Gasteiger partial charge >= 0.3 is 0 Å². The monoisotopic (exact) mass is 292 g/mol. The second-order valence-electron chi connectivity index (χ2n) is 4.71. The Bertz CT molecular complexity index is 557. The third-order valence-corrected chi connectivity index (χ3v) is 4.34. The van der Waals surface area contributed by atoms with E-state index in [2.05, 4.69) is 5.32 Å². The third-order valence-electron chi connectivity index (χ3n) is 2.53. The number of rotatable bonds is 5. The lowest BCUT2D eigenvalue weighted by atomic mass is 10.2. The van der Waals surface area contributed by atoms with Gasteiger partial charge in [-0.05, 0) is 17.7 Å². The smallest absolute Gasteiger partial charge is 0.245 e. The van der Waals surface area contributed by atoms with E-state index in [-0.39, 0.29) is 12.6 Å². The molecule has 0 spiro atoms. The van der Waals surface area contributed by atoms with E-state index in [0.717, 1.165) is 16.4 Å². The number of nitrogens with one attached hydrogen (secondary N) is 1. The Balaban J connectivity index is 3.25. The highest BCUT2D eigenvalue weighted by atomic mass is 32.2. The molecule has 0 saturated heterocycles. The summed E-state index contributed by atoms with van der Waals surface area (Å²) in [5.41, 5.74) is 0.382. The number of benzene rings is 1. The minimum Gasteiger partial charge on any atom is -0.310 e. The SMILES string of the molecule is CC(C)NCc1cc(F)c(F)c(S(=O)(=O)N(C)C)c1. The molecule has 0 saturated carbocycles. The molecule has 108 valence electrons. The van der Waals surface area contributed by atoms with E-state index < -0.39 is 26.6 Å². The van der Waals surface area contributed by atoms with Crippen LogP contribution >= 0.6 is 0 Å². The molecule has 7 heteroatoms. The first-order chi connectivity index (χ1) is 8.66. The minimum atomic E-state index is -4.00. The molecule has 1 aromatic rings. The van der Waals surface area contributed by atoms with E-state index in [9.17, 15) is 17.2 Å².